The fourth-order valence-corrected chi connectivity index (χ4v) is 9.41. The molecule has 0 radical (unpaired) electrons. The number of aromatic nitrogens is 6. The first-order valence-corrected chi connectivity index (χ1v) is 26.1. The van der Waals surface area contributed by atoms with Crippen molar-refractivity contribution in [3.63, 3.8) is 0 Å². The van der Waals surface area contributed by atoms with Gasteiger partial charge in [0.25, 0.3) is 0 Å². The number of rotatable bonds is 11. The van der Waals surface area contributed by atoms with Crippen LogP contribution in [0.3, 0.4) is 0 Å². The smallest absolute Gasteiger partial charge is 0.335 e. The average molecular weight is 1110 g/mol. The minimum Gasteiger partial charge on any atom is -0.351 e. The lowest BCUT2D eigenvalue weighted by atomic mass is 9.91. The third kappa shape index (κ3) is 15.9. The quantitative estimate of drug-likeness (QED) is 0.0699. The lowest BCUT2D eigenvalue weighted by Gasteiger charge is -2.30. The largest absolute Gasteiger partial charge is 0.351 e. The SMILES string of the molecule is C=CC(=O)Cl.C=CC(=O)N[C@H]1CCC[C@@H](Nc2ncc(Cl)c(-c3cn(-c4ccccc4)c4ccccc34)n2)C1.N[C@H]1CCC[C@@H](Nc2ncc(Cl)c(-c3cn(-c4ccccc4)c4ccccc34)n2)C1.O=S=O.O=S=O. The zero-order chi connectivity index (χ0) is 53.7. The number of allylic oxidation sites excluding steroid dienone is 1. The second-order valence-electron chi connectivity index (χ2n) is 17.1. The molecule has 0 spiro atoms. The number of nitrogens with zero attached hydrogens (tertiary/aromatic N) is 6. The zero-order valence-electron chi connectivity index (χ0n) is 40.4. The minimum absolute atomic E-state index is 0.118. The molecule has 2 fully saturated rings. The maximum Gasteiger partial charge on any atom is 0.335 e. The molecule has 0 aliphatic heterocycles. The van der Waals surface area contributed by atoms with Crippen LogP contribution in [0.5, 0.6) is 0 Å². The van der Waals surface area contributed by atoms with E-state index in [-0.39, 0.29) is 24.0 Å². The lowest BCUT2D eigenvalue weighted by molar-refractivity contribution is -0.117. The second kappa shape index (κ2) is 29.0. The molecule has 8 aromatic rings. The first-order chi connectivity index (χ1) is 36.4. The summed E-state index contributed by atoms with van der Waals surface area (Å²) in [4.78, 5) is 39.7. The van der Waals surface area contributed by atoms with Crippen LogP contribution in [-0.4, -0.2) is 81.2 Å². The molecule has 2 saturated carbocycles. The number of nitrogens with two attached hydrogens (primary N) is 1. The molecule has 4 heterocycles. The molecule has 388 valence electrons. The first kappa shape index (κ1) is 57.1. The lowest BCUT2D eigenvalue weighted by Crippen LogP contribution is -2.41. The van der Waals surface area contributed by atoms with E-state index < -0.39 is 28.4 Å². The van der Waals surface area contributed by atoms with Gasteiger partial charge < -0.3 is 30.8 Å². The Kier molecular flexibility index (Phi) is 22.1. The van der Waals surface area contributed by atoms with E-state index in [0.29, 0.717) is 33.7 Å². The molecule has 4 aromatic carbocycles. The van der Waals surface area contributed by atoms with E-state index in [2.05, 4.69) is 109 Å². The van der Waals surface area contributed by atoms with Crippen LogP contribution in [0.1, 0.15) is 51.4 Å². The molecule has 4 atom stereocenters. The molecule has 75 heavy (non-hydrogen) atoms. The van der Waals surface area contributed by atoms with Crippen LogP contribution >= 0.6 is 34.8 Å². The fourth-order valence-electron chi connectivity index (χ4n) is 9.03. The Morgan fingerprint density at radius 3 is 1.43 bits per heavy atom. The van der Waals surface area contributed by atoms with Crippen LogP contribution < -0.4 is 21.7 Å². The van der Waals surface area contributed by atoms with Crippen LogP contribution in [0.15, 0.2) is 159 Å². The van der Waals surface area contributed by atoms with Gasteiger partial charge in [-0.15, -0.1) is 0 Å². The fraction of sp³-hybridized carbons (Fsp3) is 0.222. The summed E-state index contributed by atoms with van der Waals surface area (Å²) in [6.45, 7) is 6.62. The van der Waals surface area contributed by atoms with E-state index >= 15 is 0 Å². The Bertz CT molecular complexity index is 3290. The summed E-state index contributed by atoms with van der Waals surface area (Å²) in [7, 11) is 0. The topological polar surface area (TPSA) is 226 Å². The molecule has 4 aromatic heterocycles. The predicted octanol–water partition coefficient (Wildman–Crippen LogP) is 10.8. The molecule has 21 heteroatoms. The van der Waals surface area contributed by atoms with Crippen molar-refractivity contribution >= 4 is 103 Å². The van der Waals surface area contributed by atoms with Crippen LogP contribution in [0, 0.1) is 0 Å². The Morgan fingerprint density at radius 2 is 1.00 bits per heavy atom. The maximum atomic E-state index is 11.7. The van der Waals surface area contributed by atoms with Gasteiger partial charge in [0.15, 0.2) is 0 Å². The number of hydrogen-bond donors (Lipinski definition) is 4. The van der Waals surface area contributed by atoms with Crippen molar-refractivity contribution in [2.75, 3.05) is 10.6 Å². The third-order valence-corrected chi connectivity index (χ3v) is 12.9. The maximum absolute atomic E-state index is 11.7. The van der Waals surface area contributed by atoms with Crippen LogP contribution in [0.2, 0.25) is 10.0 Å². The Hall–Kier alpha value is -7.19. The van der Waals surface area contributed by atoms with Gasteiger partial charge in [-0.1, -0.05) is 109 Å². The minimum atomic E-state index is -0.750. The van der Waals surface area contributed by atoms with Crippen molar-refractivity contribution in [2.24, 2.45) is 5.73 Å². The van der Waals surface area contributed by atoms with Gasteiger partial charge in [-0.25, -0.2) is 19.9 Å². The number of halogens is 3. The summed E-state index contributed by atoms with van der Waals surface area (Å²) >= 11 is 16.4. The van der Waals surface area contributed by atoms with E-state index in [4.69, 9.17) is 67.3 Å². The van der Waals surface area contributed by atoms with Gasteiger partial charge in [-0.05, 0) is 112 Å². The van der Waals surface area contributed by atoms with E-state index in [1.807, 2.05) is 60.7 Å². The van der Waals surface area contributed by atoms with Crippen LogP contribution in [-0.2, 0) is 32.7 Å². The molecule has 0 unspecified atom stereocenters. The summed E-state index contributed by atoms with van der Waals surface area (Å²) in [6, 6.07) is 37.9. The Balaban J connectivity index is 0.000000205. The van der Waals surface area contributed by atoms with Gasteiger partial charge in [0.1, 0.15) is 0 Å². The summed E-state index contributed by atoms with van der Waals surface area (Å²) in [5.74, 6) is 1.01. The molecule has 16 nitrogen and oxygen atoms in total. The number of carbonyl (C=O) groups is 2. The Labute approximate surface area is 456 Å². The van der Waals surface area contributed by atoms with Gasteiger partial charge >= 0.3 is 23.1 Å². The van der Waals surface area contributed by atoms with Crippen molar-refractivity contribution < 1.29 is 26.4 Å². The summed E-state index contributed by atoms with van der Waals surface area (Å²) in [5.41, 5.74) is 13.9. The predicted molar refractivity (Wildman–Crippen MR) is 299 cm³/mol. The number of benzene rings is 4. The number of nitrogens with one attached hydrogen (secondary N) is 3. The highest BCUT2D eigenvalue weighted by Gasteiger charge is 2.25. The molecule has 2 aliphatic carbocycles. The highest BCUT2D eigenvalue weighted by atomic mass is 35.5. The average Bonchev–Trinajstić information content (AvgIpc) is 4.02. The molecule has 0 saturated heterocycles. The number of hydrogen-bond acceptors (Lipinski definition) is 13. The summed E-state index contributed by atoms with van der Waals surface area (Å²) in [5, 5.41) is 12.6. The molecule has 0 bridgehead atoms. The van der Waals surface area contributed by atoms with Crippen LogP contribution in [0.25, 0.3) is 55.7 Å². The standard InChI is InChI=1S/C27H26ClN5O.C24H24ClN5.C3H3ClO.2O2S/c1-2-25(34)30-18-9-8-10-19(15-18)31-27-29-16-23(28)26(32-27)22-17-33(20-11-4-3-5-12-20)24-14-7-6-13-21(22)24;25-21-14-27-24(28-17-8-6-7-16(26)13-17)29-23(21)20-15-30(18-9-2-1-3-10-18)22-12-5-4-11-19(20)22;1-2-3(4)5;2*1-3-2/h2-7,11-14,16-19H,1,8-10,15H2,(H,30,34)(H,29,31,32);1-5,9-12,14-17H,6-8,13,26H2,(H,27,28,29);2H,1H2;;/t18-,19+;16-,17+;;;/m00.../s1. The van der Waals surface area contributed by atoms with Crippen molar-refractivity contribution in [1.82, 2.24) is 34.4 Å². The van der Waals surface area contributed by atoms with Crippen LogP contribution in [0.4, 0.5) is 11.9 Å². The number of amides is 1. The van der Waals surface area contributed by atoms with Crippen molar-refractivity contribution in [3.05, 3.63) is 169 Å². The summed E-state index contributed by atoms with van der Waals surface area (Å²) in [6.07, 6.45) is 17.9. The van der Waals surface area contributed by atoms with Crippen molar-refractivity contribution in [2.45, 2.75) is 75.5 Å². The second-order valence-corrected chi connectivity index (χ2v) is 18.6. The van der Waals surface area contributed by atoms with Gasteiger partial charge in [0.05, 0.1) is 44.9 Å². The normalized spacial score (nSPS) is 16.5. The highest BCUT2D eigenvalue weighted by molar-refractivity contribution is 7.52. The number of para-hydroxylation sites is 4. The monoisotopic (exact) mass is 1110 g/mol. The first-order valence-electron chi connectivity index (χ1n) is 23.7. The molecule has 2 aliphatic rings. The third-order valence-electron chi connectivity index (χ3n) is 12.2. The summed E-state index contributed by atoms with van der Waals surface area (Å²) < 4.78 is 37.5. The number of anilines is 2. The molecule has 10 rings (SSSR count). The van der Waals surface area contributed by atoms with Gasteiger partial charge in [0.2, 0.25) is 23.0 Å². The Morgan fingerprint density at radius 1 is 0.600 bits per heavy atom. The van der Waals surface area contributed by atoms with E-state index in [1.165, 1.54) is 6.08 Å². The number of fused-ring (bicyclic) bond motifs is 2. The molecular weight excluding hydrogens is 1060 g/mol. The molecule has 5 N–H and O–H groups in total. The highest BCUT2D eigenvalue weighted by Crippen LogP contribution is 2.37. The molecular formula is C54H53Cl3N10O6S2. The number of carbonyl (C=O) groups excluding carboxylic acids is 2. The van der Waals surface area contributed by atoms with Gasteiger partial charge in [-0.3, -0.25) is 9.59 Å². The molecule has 1 amide bonds. The van der Waals surface area contributed by atoms with Gasteiger partial charge in [-0.2, -0.15) is 16.8 Å². The van der Waals surface area contributed by atoms with Gasteiger partial charge in [0, 0.05) is 69.8 Å². The van der Waals surface area contributed by atoms with E-state index in [0.717, 1.165) is 107 Å². The van der Waals surface area contributed by atoms with E-state index in [9.17, 15) is 9.59 Å². The van der Waals surface area contributed by atoms with E-state index in [1.54, 1.807) is 12.4 Å². The zero-order valence-corrected chi connectivity index (χ0v) is 44.3. The van der Waals surface area contributed by atoms with Crippen molar-refractivity contribution in [1.29, 1.82) is 0 Å². The van der Waals surface area contributed by atoms with Crippen molar-refractivity contribution in [3.8, 4) is 33.9 Å².